The van der Waals surface area contributed by atoms with Crippen LogP contribution < -0.4 is 0 Å². The number of terminal acetylenes is 1. The van der Waals surface area contributed by atoms with Gasteiger partial charge in [0.1, 0.15) is 0 Å². The van der Waals surface area contributed by atoms with Crippen LogP contribution in [0.2, 0.25) is 0 Å². The topological polar surface area (TPSA) is 3.24 Å². The molecule has 1 nitrogen and oxygen atoms in total. The highest BCUT2D eigenvalue weighted by Gasteiger charge is 2.31. The van der Waals surface area contributed by atoms with Gasteiger partial charge in [0, 0.05) is 12.5 Å². The third-order valence-corrected chi connectivity index (χ3v) is 1.88. The molecule has 0 saturated carbocycles. The summed E-state index contributed by atoms with van der Waals surface area (Å²) in [4.78, 5) is 1.39. The second-order valence-electron chi connectivity index (χ2n) is 3.49. The molecule has 0 rings (SSSR count). The minimum atomic E-state index is -4.12. The zero-order chi connectivity index (χ0) is 11.2. The van der Waals surface area contributed by atoms with E-state index in [-0.39, 0.29) is 6.04 Å². The summed E-state index contributed by atoms with van der Waals surface area (Å²) in [5.41, 5.74) is 0. The first-order valence-corrected chi connectivity index (χ1v) is 4.61. The molecule has 0 aliphatic carbocycles. The molecular formula is C10H16F3N. The van der Waals surface area contributed by atoms with E-state index < -0.39 is 12.7 Å². The number of hydrogen-bond donors (Lipinski definition) is 0. The molecule has 0 aromatic carbocycles. The summed E-state index contributed by atoms with van der Waals surface area (Å²) in [6, 6.07) is -0.102. The van der Waals surface area contributed by atoms with Gasteiger partial charge in [0.05, 0.1) is 6.54 Å². The van der Waals surface area contributed by atoms with Crippen molar-refractivity contribution >= 4 is 0 Å². The van der Waals surface area contributed by atoms with Crippen molar-refractivity contribution in [3.05, 3.63) is 0 Å². The smallest absolute Gasteiger partial charge is 0.293 e. The van der Waals surface area contributed by atoms with E-state index in [2.05, 4.69) is 5.92 Å². The summed E-state index contributed by atoms with van der Waals surface area (Å²) in [6.45, 7) is 3.06. The van der Waals surface area contributed by atoms with E-state index in [1.54, 1.807) is 13.8 Å². The monoisotopic (exact) mass is 207 g/mol. The summed E-state index contributed by atoms with van der Waals surface area (Å²) >= 11 is 0. The maximum Gasteiger partial charge on any atom is 0.401 e. The Morgan fingerprint density at radius 2 is 1.93 bits per heavy atom. The molecule has 0 saturated heterocycles. The highest BCUT2D eigenvalue weighted by atomic mass is 19.4. The fourth-order valence-electron chi connectivity index (χ4n) is 1.13. The predicted octanol–water partition coefficient (Wildman–Crippen LogP) is 2.67. The minimum absolute atomic E-state index is 0.102. The lowest BCUT2D eigenvalue weighted by atomic mass is 10.2. The van der Waals surface area contributed by atoms with Gasteiger partial charge in [0.15, 0.2) is 0 Å². The van der Waals surface area contributed by atoms with E-state index in [1.807, 2.05) is 0 Å². The standard InChI is InChI=1S/C10H16F3N/c1-4-5-6-7-14(9(2)3)8-10(11,12)13/h1,9H,5-8H2,2-3H3. The van der Waals surface area contributed by atoms with E-state index in [0.29, 0.717) is 19.4 Å². The van der Waals surface area contributed by atoms with Crippen LogP contribution in [-0.4, -0.2) is 30.2 Å². The first kappa shape index (κ1) is 13.3. The summed E-state index contributed by atoms with van der Waals surface area (Å²) < 4.78 is 36.3. The first-order chi connectivity index (χ1) is 6.37. The van der Waals surface area contributed by atoms with Gasteiger partial charge in [-0.2, -0.15) is 13.2 Å². The highest BCUT2D eigenvalue weighted by Crippen LogP contribution is 2.18. The van der Waals surface area contributed by atoms with Gasteiger partial charge < -0.3 is 0 Å². The van der Waals surface area contributed by atoms with Gasteiger partial charge in [-0.15, -0.1) is 12.3 Å². The quantitative estimate of drug-likeness (QED) is 0.495. The van der Waals surface area contributed by atoms with E-state index >= 15 is 0 Å². The highest BCUT2D eigenvalue weighted by molar-refractivity contribution is 4.83. The molecule has 0 unspecified atom stereocenters. The summed E-state index contributed by atoms with van der Waals surface area (Å²) in [5.74, 6) is 2.42. The third-order valence-electron chi connectivity index (χ3n) is 1.88. The van der Waals surface area contributed by atoms with Gasteiger partial charge in [0.25, 0.3) is 0 Å². The number of nitrogens with zero attached hydrogens (tertiary/aromatic N) is 1. The van der Waals surface area contributed by atoms with Gasteiger partial charge in [-0.1, -0.05) is 0 Å². The van der Waals surface area contributed by atoms with Gasteiger partial charge >= 0.3 is 6.18 Å². The van der Waals surface area contributed by atoms with Crippen molar-refractivity contribution in [1.82, 2.24) is 4.90 Å². The molecule has 4 heteroatoms. The van der Waals surface area contributed by atoms with Crippen LogP contribution in [-0.2, 0) is 0 Å². The van der Waals surface area contributed by atoms with E-state index in [9.17, 15) is 13.2 Å². The molecule has 0 aromatic rings. The molecule has 0 heterocycles. The van der Waals surface area contributed by atoms with Crippen molar-refractivity contribution in [2.75, 3.05) is 13.1 Å². The third kappa shape index (κ3) is 6.79. The fraction of sp³-hybridized carbons (Fsp3) is 0.800. The summed E-state index contributed by atoms with van der Waals surface area (Å²) in [6.07, 6.45) is 2.05. The lowest BCUT2D eigenvalue weighted by Gasteiger charge is -2.27. The lowest BCUT2D eigenvalue weighted by molar-refractivity contribution is -0.149. The van der Waals surface area contributed by atoms with Crippen molar-refractivity contribution in [3.8, 4) is 12.3 Å². The average Bonchev–Trinajstić information content (AvgIpc) is 2.00. The number of rotatable bonds is 5. The molecule has 0 spiro atoms. The maximum absolute atomic E-state index is 12.1. The minimum Gasteiger partial charge on any atom is -0.293 e. The number of hydrogen-bond acceptors (Lipinski definition) is 1. The Bertz CT molecular complexity index is 191. The van der Waals surface area contributed by atoms with Crippen LogP contribution in [0.5, 0.6) is 0 Å². The van der Waals surface area contributed by atoms with Crippen molar-refractivity contribution in [2.24, 2.45) is 0 Å². The normalized spacial score (nSPS) is 12.1. The Morgan fingerprint density at radius 1 is 1.36 bits per heavy atom. The lowest BCUT2D eigenvalue weighted by Crippen LogP contribution is -2.39. The summed E-state index contributed by atoms with van der Waals surface area (Å²) in [7, 11) is 0. The van der Waals surface area contributed by atoms with E-state index in [1.165, 1.54) is 4.90 Å². The zero-order valence-electron chi connectivity index (χ0n) is 8.56. The molecule has 14 heavy (non-hydrogen) atoms. The predicted molar refractivity (Wildman–Crippen MR) is 50.8 cm³/mol. The fourth-order valence-corrected chi connectivity index (χ4v) is 1.13. The molecule has 0 radical (unpaired) electrons. The molecule has 0 aromatic heterocycles. The van der Waals surface area contributed by atoms with Gasteiger partial charge in [-0.05, 0) is 26.8 Å². The molecule has 0 aliphatic heterocycles. The Balaban J connectivity index is 3.98. The van der Waals surface area contributed by atoms with Crippen LogP contribution in [0, 0.1) is 12.3 Å². The van der Waals surface area contributed by atoms with Crippen molar-refractivity contribution in [3.63, 3.8) is 0 Å². The van der Waals surface area contributed by atoms with Crippen molar-refractivity contribution in [1.29, 1.82) is 0 Å². The van der Waals surface area contributed by atoms with Gasteiger partial charge in [-0.25, -0.2) is 0 Å². The van der Waals surface area contributed by atoms with E-state index in [0.717, 1.165) is 0 Å². The molecule has 0 fully saturated rings. The second kappa shape index (κ2) is 5.92. The molecule has 0 N–H and O–H groups in total. The van der Waals surface area contributed by atoms with Crippen LogP contribution in [0.1, 0.15) is 26.7 Å². The molecule has 82 valence electrons. The molecular weight excluding hydrogens is 191 g/mol. The number of halogens is 3. The number of unbranched alkanes of at least 4 members (excludes halogenated alkanes) is 1. The van der Waals surface area contributed by atoms with Crippen LogP contribution in [0.3, 0.4) is 0 Å². The van der Waals surface area contributed by atoms with Crippen LogP contribution >= 0.6 is 0 Å². The average molecular weight is 207 g/mol. The summed E-state index contributed by atoms with van der Waals surface area (Å²) in [5, 5.41) is 0. The molecule has 0 amide bonds. The van der Waals surface area contributed by atoms with Crippen LogP contribution in [0.25, 0.3) is 0 Å². The van der Waals surface area contributed by atoms with Gasteiger partial charge in [-0.3, -0.25) is 4.90 Å². The van der Waals surface area contributed by atoms with Crippen LogP contribution in [0.4, 0.5) is 13.2 Å². The van der Waals surface area contributed by atoms with Crippen LogP contribution in [0.15, 0.2) is 0 Å². The van der Waals surface area contributed by atoms with Crippen molar-refractivity contribution in [2.45, 2.75) is 38.9 Å². The SMILES string of the molecule is C#CCCCN(CC(F)(F)F)C(C)C. The van der Waals surface area contributed by atoms with Gasteiger partial charge in [0.2, 0.25) is 0 Å². The van der Waals surface area contributed by atoms with E-state index in [4.69, 9.17) is 6.42 Å². The molecule has 0 atom stereocenters. The van der Waals surface area contributed by atoms with Crippen molar-refractivity contribution < 1.29 is 13.2 Å². The Labute approximate surface area is 83.3 Å². The Kier molecular flexibility index (Phi) is 5.63. The molecule has 0 bridgehead atoms. The largest absolute Gasteiger partial charge is 0.401 e. The Morgan fingerprint density at radius 3 is 2.29 bits per heavy atom. The number of alkyl halides is 3. The second-order valence-corrected chi connectivity index (χ2v) is 3.49. The zero-order valence-corrected chi connectivity index (χ0v) is 8.56. The molecule has 0 aliphatic rings. The Hall–Kier alpha value is -0.690. The maximum atomic E-state index is 12.1. The first-order valence-electron chi connectivity index (χ1n) is 4.61.